The topological polar surface area (TPSA) is 46.5 Å². The first-order valence-corrected chi connectivity index (χ1v) is 6.64. The third-order valence-electron chi connectivity index (χ3n) is 4.59. The van der Waals surface area contributed by atoms with Crippen LogP contribution in [0.2, 0.25) is 0 Å². The fraction of sp³-hybridized carbons (Fsp3) is 0.667. The summed E-state index contributed by atoms with van der Waals surface area (Å²) in [6, 6.07) is 0. The van der Waals surface area contributed by atoms with Crippen molar-refractivity contribution < 1.29 is 14.6 Å². The summed E-state index contributed by atoms with van der Waals surface area (Å²) in [7, 11) is 0. The summed E-state index contributed by atoms with van der Waals surface area (Å²) in [6.45, 7) is 6.80. The first kappa shape index (κ1) is 12.0. The van der Waals surface area contributed by atoms with Gasteiger partial charge >= 0.3 is 5.97 Å². The van der Waals surface area contributed by atoms with E-state index >= 15 is 0 Å². The highest BCUT2D eigenvalue weighted by Crippen LogP contribution is 2.53. The zero-order valence-corrected chi connectivity index (χ0v) is 11.2. The predicted octanol–water partition coefficient (Wildman–Crippen LogP) is 2.21. The van der Waals surface area contributed by atoms with Crippen molar-refractivity contribution in [1.82, 2.24) is 0 Å². The maximum Gasteiger partial charge on any atom is 0.338 e. The molecular formula is C15H20O3. The Kier molecular flexibility index (Phi) is 2.31. The molecule has 0 aromatic carbocycles. The van der Waals surface area contributed by atoms with Crippen LogP contribution in [0.15, 0.2) is 23.3 Å². The van der Waals surface area contributed by atoms with Gasteiger partial charge in [-0.2, -0.15) is 0 Å². The number of rotatable bonds is 0. The Hall–Kier alpha value is -1.09. The van der Waals surface area contributed by atoms with Crippen molar-refractivity contribution in [3.05, 3.63) is 23.3 Å². The molecule has 1 N–H and O–H groups in total. The summed E-state index contributed by atoms with van der Waals surface area (Å²) < 4.78 is 5.06. The van der Waals surface area contributed by atoms with E-state index in [1.54, 1.807) is 0 Å². The second kappa shape index (κ2) is 3.47. The summed E-state index contributed by atoms with van der Waals surface area (Å²) in [5.74, 6) is 0.160. The van der Waals surface area contributed by atoms with Crippen LogP contribution >= 0.6 is 0 Å². The number of cyclic esters (lactones) is 1. The van der Waals surface area contributed by atoms with E-state index in [2.05, 4.69) is 20.8 Å². The molecule has 1 heterocycles. The minimum atomic E-state index is -0.787. The van der Waals surface area contributed by atoms with Crippen LogP contribution in [0.3, 0.4) is 0 Å². The Labute approximate surface area is 108 Å². The average molecular weight is 248 g/mol. The monoisotopic (exact) mass is 248 g/mol. The van der Waals surface area contributed by atoms with Crippen LogP contribution in [-0.2, 0) is 9.53 Å². The Morgan fingerprint density at radius 2 is 2.17 bits per heavy atom. The maximum absolute atomic E-state index is 11.6. The molecule has 2 fully saturated rings. The molecule has 0 amide bonds. The van der Waals surface area contributed by atoms with Crippen molar-refractivity contribution in [3.8, 4) is 0 Å². The van der Waals surface area contributed by atoms with Crippen molar-refractivity contribution in [2.45, 2.75) is 39.2 Å². The second-order valence-corrected chi connectivity index (χ2v) is 6.83. The lowest BCUT2D eigenvalue weighted by atomic mass is 9.82. The molecule has 3 heteroatoms. The number of allylic oxidation sites excluding steroid dienone is 1. The van der Waals surface area contributed by atoms with Crippen molar-refractivity contribution in [2.75, 3.05) is 6.61 Å². The van der Waals surface area contributed by atoms with Crippen LogP contribution in [0.25, 0.3) is 0 Å². The number of hydrogen-bond acceptors (Lipinski definition) is 3. The number of carbonyl (C=O) groups is 1. The Balaban J connectivity index is 2.07. The van der Waals surface area contributed by atoms with Gasteiger partial charge in [0.25, 0.3) is 0 Å². The lowest BCUT2D eigenvalue weighted by molar-refractivity contribution is -0.135. The van der Waals surface area contributed by atoms with Gasteiger partial charge < -0.3 is 9.84 Å². The highest BCUT2D eigenvalue weighted by molar-refractivity contribution is 5.96. The molecule has 98 valence electrons. The predicted molar refractivity (Wildman–Crippen MR) is 67.7 cm³/mol. The van der Waals surface area contributed by atoms with Gasteiger partial charge in [-0.05, 0) is 36.2 Å². The molecule has 0 aromatic rings. The summed E-state index contributed by atoms with van der Waals surface area (Å²) in [6.07, 6.45) is 5.64. The average Bonchev–Trinajstić information content (AvgIpc) is 2.65. The number of aliphatic hydroxyl groups is 1. The Bertz CT molecular complexity index is 472. The molecule has 3 aliphatic rings. The Morgan fingerprint density at radius 3 is 2.89 bits per heavy atom. The molecule has 0 aromatic heterocycles. The normalized spacial score (nSPS) is 41.4. The van der Waals surface area contributed by atoms with Crippen LogP contribution in [-0.4, -0.2) is 23.3 Å². The number of hydrogen-bond donors (Lipinski definition) is 1. The number of esters is 1. The van der Waals surface area contributed by atoms with Crippen molar-refractivity contribution in [1.29, 1.82) is 0 Å². The second-order valence-electron chi connectivity index (χ2n) is 6.83. The molecular weight excluding hydrogens is 228 g/mol. The first-order valence-electron chi connectivity index (χ1n) is 6.64. The zero-order valence-electron chi connectivity index (χ0n) is 11.2. The Morgan fingerprint density at radius 1 is 1.44 bits per heavy atom. The molecule has 3 atom stereocenters. The fourth-order valence-electron chi connectivity index (χ4n) is 3.95. The van der Waals surface area contributed by atoms with E-state index in [0.717, 1.165) is 18.4 Å². The summed E-state index contributed by atoms with van der Waals surface area (Å²) in [5, 5.41) is 11.0. The number of fused-ring (bicyclic) bond motifs is 2. The molecule has 3 rings (SSSR count). The fourth-order valence-corrected chi connectivity index (χ4v) is 3.95. The van der Waals surface area contributed by atoms with Gasteiger partial charge in [-0.1, -0.05) is 26.8 Å². The SMILES string of the molecule is CC1C=C2C(=O)OCC2=CC2(O)CC(C)(C)CC12. The van der Waals surface area contributed by atoms with Crippen molar-refractivity contribution >= 4 is 5.97 Å². The smallest absolute Gasteiger partial charge is 0.338 e. The van der Waals surface area contributed by atoms with Crippen LogP contribution in [0.5, 0.6) is 0 Å². The summed E-state index contributed by atoms with van der Waals surface area (Å²) in [4.78, 5) is 11.6. The molecule has 2 aliphatic carbocycles. The molecule has 1 saturated heterocycles. The quantitative estimate of drug-likeness (QED) is 0.669. The molecule has 1 saturated carbocycles. The van der Waals surface area contributed by atoms with E-state index in [4.69, 9.17) is 4.74 Å². The zero-order chi connectivity index (χ0) is 13.1. The molecule has 0 radical (unpaired) electrons. The van der Waals surface area contributed by atoms with E-state index in [1.165, 1.54) is 0 Å². The van der Waals surface area contributed by atoms with Gasteiger partial charge in [-0.25, -0.2) is 4.79 Å². The minimum Gasteiger partial charge on any atom is -0.457 e. The maximum atomic E-state index is 11.6. The number of ether oxygens (including phenoxy) is 1. The third kappa shape index (κ3) is 1.64. The molecule has 18 heavy (non-hydrogen) atoms. The first-order chi connectivity index (χ1) is 8.31. The van der Waals surface area contributed by atoms with E-state index in [-0.39, 0.29) is 23.2 Å². The number of carbonyl (C=O) groups excluding carboxylic acids is 1. The van der Waals surface area contributed by atoms with E-state index < -0.39 is 5.60 Å². The third-order valence-corrected chi connectivity index (χ3v) is 4.59. The summed E-state index contributed by atoms with van der Waals surface area (Å²) >= 11 is 0. The van der Waals surface area contributed by atoms with Gasteiger partial charge in [0.1, 0.15) is 6.61 Å². The molecule has 3 nitrogen and oxygen atoms in total. The van der Waals surface area contributed by atoms with Gasteiger partial charge in [0.2, 0.25) is 0 Å². The van der Waals surface area contributed by atoms with Gasteiger partial charge in [0.15, 0.2) is 0 Å². The summed E-state index contributed by atoms with van der Waals surface area (Å²) in [5.41, 5.74) is 0.905. The minimum absolute atomic E-state index is 0.152. The van der Waals surface area contributed by atoms with E-state index in [0.29, 0.717) is 12.2 Å². The van der Waals surface area contributed by atoms with Crippen LogP contribution in [0, 0.1) is 17.3 Å². The standard InChI is InChI=1S/C15H20O3/c1-9-4-11-10(7-18-13(11)16)5-15(17)8-14(2,3)6-12(9)15/h4-5,9,12,17H,6-8H2,1-3H3. The largest absolute Gasteiger partial charge is 0.457 e. The van der Waals surface area contributed by atoms with Crippen molar-refractivity contribution in [2.24, 2.45) is 17.3 Å². The molecule has 0 spiro atoms. The van der Waals surface area contributed by atoms with Gasteiger partial charge in [-0.3, -0.25) is 0 Å². The molecule has 1 aliphatic heterocycles. The van der Waals surface area contributed by atoms with Crippen molar-refractivity contribution in [3.63, 3.8) is 0 Å². The molecule has 0 bridgehead atoms. The van der Waals surface area contributed by atoms with E-state index in [9.17, 15) is 9.90 Å². The molecule has 3 unspecified atom stereocenters. The van der Waals surface area contributed by atoms with Gasteiger partial charge in [0, 0.05) is 5.57 Å². The van der Waals surface area contributed by atoms with Gasteiger partial charge in [0.05, 0.1) is 11.2 Å². The van der Waals surface area contributed by atoms with Crippen LogP contribution in [0.1, 0.15) is 33.6 Å². The highest BCUT2D eigenvalue weighted by atomic mass is 16.5. The lowest BCUT2D eigenvalue weighted by Crippen LogP contribution is -2.34. The highest BCUT2D eigenvalue weighted by Gasteiger charge is 2.52. The van der Waals surface area contributed by atoms with E-state index in [1.807, 2.05) is 12.2 Å². The van der Waals surface area contributed by atoms with Gasteiger partial charge in [-0.15, -0.1) is 0 Å². The van der Waals surface area contributed by atoms with Crippen LogP contribution in [0.4, 0.5) is 0 Å². The van der Waals surface area contributed by atoms with Crippen LogP contribution < -0.4 is 0 Å². The lowest BCUT2D eigenvalue weighted by Gasteiger charge is -2.29.